The fourth-order valence-corrected chi connectivity index (χ4v) is 2.32. The number of aryl methyl sites for hydroxylation is 1. The van der Waals surface area contributed by atoms with E-state index >= 15 is 0 Å². The van der Waals surface area contributed by atoms with Gasteiger partial charge in [0.25, 0.3) is 5.56 Å². The number of carbonyl (C=O) groups excluding carboxylic acids is 1. The first-order valence-electron chi connectivity index (χ1n) is 7.17. The minimum atomic E-state index is -0.582. The molecule has 8 heteroatoms. The Balaban J connectivity index is 1.80. The molecule has 24 heavy (non-hydrogen) atoms. The Morgan fingerprint density at radius 2 is 2.12 bits per heavy atom. The van der Waals surface area contributed by atoms with Crippen molar-refractivity contribution in [3.05, 3.63) is 45.4 Å². The first-order valence-corrected chi connectivity index (χ1v) is 7.17. The number of aromatic nitrogens is 2. The van der Waals surface area contributed by atoms with Crippen molar-refractivity contribution in [3.8, 4) is 17.6 Å². The molecule has 0 saturated heterocycles. The van der Waals surface area contributed by atoms with Crippen LogP contribution in [0.15, 0.2) is 23.0 Å². The van der Waals surface area contributed by atoms with Crippen molar-refractivity contribution in [2.75, 3.05) is 12.1 Å². The molecule has 3 rings (SSSR count). The Bertz CT molecular complexity index is 927. The molecule has 0 atom stereocenters. The van der Waals surface area contributed by atoms with Gasteiger partial charge in [-0.3, -0.25) is 9.59 Å². The highest BCUT2D eigenvalue weighted by atomic mass is 16.7. The number of amides is 1. The Morgan fingerprint density at radius 1 is 1.38 bits per heavy atom. The van der Waals surface area contributed by atoms with Crippen LogP contribution < -0.4 is 20.3 Å². The Hall–Kier alpha value is -3.34. The highest BCUT2D eigenvalue weighted by Gasteiger charge is 2.16. The maximum absolute atomic E-state index is 12.2. The van der Waals surface area contributed by atoms with Gasteiger partial charge in [0, 0.05) is 11.8 Å². The Kier molecular flexibility index (Phi) is 3.92. The van der Waals surface area contributed by atoms with E-state index in [1.807, 2.05) is 6.07 Å². The molecule has 0 bridgehead atoms. The van der Waals surface area contributed by atoms with Crippen molar-refractivity contribution in [1.29, 1.82) is 5.26 Å². The third-order valence-corrected chi connectivity index (χ3v) is 3.70. The second kappa shape index (κ2) is 6.04. The van der Waals surface area contributed by atoms with Crippen LogP contribution in [-0.2, 0) is 11.3 Å². The molecule has 1 aliphatic heterocycles. The Labute approximate surface area is 137 Å². The van der Waals surface area contributed by atoms with E-state index in [1.165, 1.54) is 0 Å². The number of hydrogen-bond acceptors (Lipinski definition) is 6. The van der Waals surface area contributed by atoms with E-state index in [-0.39, 0.29) is 18.9 Å². The number of ether oxygens (including phenoxy) is 2. The minimum Gasteiger partial charge on any atom is -0.454 e. The van der Waals surface area contributed by atoms with Crippen LogP contribution >= 0.6 is 0 Å². The summed E-state index contributed by atoms with van der Waals surface area (Å²) < 4.78 is 11.4. The number of benzene rings is 1. The van der Waals surface area contributed by atoms with Crippen LogP contribution in [0, 0.1) is 25.2 Å². The van der Waals surface area contributed by atoms with Gasteiger partial charge in [0.2, 0.25) is 12.7 Å². The van der Waals surface area contributed by atoms with Gasteiger partial charge in [-0.05, 0) is 31.5 Å². The summed E-state index contributed by atoms with van der Waals surface area (Å²) in [5.74, 6) is 0.718. The van der Waals surface area contributed by atoms with Crippen molar-refractivity contribution in [1.82, 2.24) is 9.78 Å². The molecule has 1 amide bonds. The molecule has 1 aromatic carbocycles. The smallest absolute Gasteiger partial charge is 0.285 e. The molecule has 1 aliphatic rings. The van der Waals surface area contributed by atoms with Gasteiger partial charge in [0.05, 0.1) is 5.69 Å². The van der Waals surface area contributed by atoms with Crippen LogP contribution in [0.1, 0.15) is 16.8 Å². The fourth-order valence-electron chi connectivity index (χ4n) is 2.32. The number of hydrogen-bond donors (Lipinski definition) is 1. The zero-order valence-corrected chi connectivity index (χ0v) is 13.1. The lowest BCUT2D eigenvalue weighted by Crippen LogP contribution is -2.32. The van der Waals surface area contributed by atoms with E-state index < -0.39 is 11.5 Å². The van der Waals surface area contributed by atoms with E-state index in [1.54, 1.807) is 32.0 Å². The quantitative estimate of drug-likeness (QED) is 0.905. The average molecular weight is 326 g/mol. The highest BCUT2D eigenvalue weighted by molar-refractivity contribution is 5.90. The summed E-state index contributed by atoms with van der Waals surface area (Å²) >= 11 is 0. The number of nitrogens with one attached hydrogen (secondary N) is 1. The van der Waals surface area contributed by atoms with Gasteiger partial charge < -0.3 is 14.8 Å². The molecular formula is C16H14N4O4. The maximum atomic E-state index is 12.2. The minimum absolute atomic E-state index is 0.00150. The molecule has 2 aromatic rings. The summed E-state index contributed by atoms with van der Waals surface area (Å²) in [6, 6.07) is 6.85. The lowest BCUT2D eigenvalue weighted by molar-refractivity contribution is -0.117. The van der Waals surface area contributed by atoms with Crippen molar-refractivity contribution in [2.24, 2.45) is 0 Å². The largest absolute Gasteiger partial charge is 0.454 e. The van der Waals surface area contributed by atoms with Crippen LogP contribution in [0.25, 0.3) is 0 Å². The van der Waals surface area contributed by atoms with E-state index in [4.69, 9.17) is 14.7 Å². The van der Waals surface area contributed by atoms with Crippen molar-refractivity contribution >= 4 is 11.6 Å². The van der Waals surface area contributed by atoms with Crippen LogP contribution in [-0.4, -0.2) is 22.5 Å². The van der Waals surface area contributed by atoms with E-state index in [9.17, 15) is 9.59 Å². The topological polar surface area (TPSA) is 106 Å². The average Bonchev–Trinajstić information content (AvgIpc) is 3.01. The zero-order valence-electron chi connectivity index (χ0n) is 13.1. The van der Waals surface area contributed by atoms with Crippen molar-refractivity contribution < 1.29 is 14.3 Å². The maximum Gasteiger partial charge on any atom is 0.285 e. The first-order chi connectivity index (χ1) is 11.5. The summed E-state index contributed by atoms with van der Waals surface area (Å²) in [5, 5.41) is 15.8. The van der Waals surface area contributed by atoms with Gasteiger partial charge in [0.15, 0.2) is 11.5 Å². The molecule has 0 unspecified atom stereocenters. The van der Waals surface area contributed by atoms with Gasteiger partial charge in [0.1, 0.15) is 18.2 Å². The van der Waals surface area contributed by atoms with Gasteiger partial charge in [-0.15, -0.1) is 0 Å². The molecular weight excluding hydrogens is 312 g/mol. The van der Waals surface area contributed by atoms with E-state index in [2.05, 4.69) is 10.4 Å². The number of fused-ring (bicyclic) bond motifs is 1. The summed E-state index contributed by atoms with van der Waals surface area (Å²) in [7, 11) is 0. The SMILES string of the molecule is Cc1nn(CC(=O)Nc2ccc3c(c2)OCO3)c(=O)c(C#N)c1C. The lowest BCUT2D eigenvalue weighted by Gasteiger charge is -2.10. The predicted molar refractivity (Wildman–Crippen MR) is 83.9 cm³/mol. The van der Waals surface area contributed by atoms with Gasteiger partial charge in [-0.1, -0.05) is 0 Å². The summed E-state index contributed by atoms with van der Waals surface area (Å²) in [5.41, 5.74) is 0.985. The number of anilines is 1. The normalized spacial score (nSPS) is 11.9. The second-order valence-corrected chi connectivity index (χ2v) is 5.28. The van der Waals surface area contributed by atoms with Crippen molar-refractivity contribution in [2.45, 2.75) is 20.4 Å². The lowest BCUT2D eigenvalue weighted by atomic mass is 10.1. The highest BCUT2D eigenvalue weighted by Crippen LogP contribution is 2.34. The Morgan fingerprint density at radius 3 is 2.88 bits per heavy atom. The molecule has 0 radical (unpaired) electrons. The molecule has 0 saturated carbocycles. The number of carbonyl (C=O) groups is 1. The summed E-state index contributed by atoms with van der Waals surface area (Å²) in [4.78, 5) is 24.3. The summed E-state index contributed by atoms with van der Waals surface area (Å²) in [6.45, 7) is 3.19. The van der Waals surface area contributed by atoms with Gasteiger partial charge >= 0.3 is 0 Å². The molecule has 0 fully saturated rings. The standard InChI is InChI=1S/C16H14N4O4/c1-9-10(2)19-20(16(22)12(9)6-17)7-15(21)18-11-3-4-13-14(5-11)24-8-23-13/h3-5H,7-8H2,1-2H3,(H,18,21). The third kappa shape index (κ3) is 2.79. The van der Waals surface area contributed by atoms with E-state index in [0.29, 0.717) is 28.4 Å². The first kappa shape index (κ1) is 15.6. The van der Waals surface area contributed by atoms with Gasteiger partial charge in [-0.25, -0.2) is 4.68 Å². The monoisotopic (exact) mass is 326 g/mol. The van der Waals surface area contributed by atoms with Crippen LogP contribution in [0.5, 0.6) is 11.5 Å². The molecule has 122 valence electrons. The number of nitriles is 1. The fraction of sp³-hybridized carbons (Fsp3) is 0.250. The van der Waals surface area contributed by atoms with Crippen LogP contribution in [0.4, 0.5) is 5.69 Å². The van der Waals surface area contributed by atoms with Crippen LogP contribution in [0.3, 0.4) is 0 Å². The number of rotatable bonds is 3. The third-order valence-electron chi connectivity index (χ3n) is 3.70. The molecule has 0 spiro atoms. The van der Waals surface area contributed by atoms with Gasteiger partial charge in [-0.2, -0.15) is 10.4 Å². The molecule has 1 aromatic heterocycles. The second-order valence-electron chi connectivity index (χ2n) is 5.28. The molecule has 1 N–H and O–H groups in total. The predicted octanol–water partition coefficient (Wildman–Crippen LogP) is 1.10. The molecule has 0 aliphatic carbocycles. The number of nitrogens with zero attached hydrogens (tertiary/aromatic N) is 3. The molecule has 2 heterocycles. The van der Waals surface area contributed by atoms with Crippen LogP contribution in [0.2, 0.25) is 0 Å². The summed E-state index contributed by atoms with van der Waals surface area (Å²) in [6.07, 6.45) is 0. The van der Waals surface area contributed by atoms with Crippen molar-refractivity contribution in [3.63, 3.8) is 0 Å². The zero-order chi connectivity index (χ0) is 17.3. The molecule has 8 nitrogen and oxygen atoms in total. The van der Waals surface area contributed by atoms with E-state index in [0.717, 1.165) is 4.68 Å².